The van der Waals surface area contributed by atoms with Gasteiger partial charge in [0.15, 0.2) is 0 Å². The molecule has 1 heterocycles. The highest BCUT2D eigenvalue weighted by Gasteiger charge is 2.26. The minimum Gasteiger partial charge on any atom is -0.481 e. The van der Waals surface area contributed by atoms with E-state index < -0.39 is 5.97 Å². The third-order valence-corrected chi connectivity index (χ3v) is 4.47. The van der Waals surface area contributed by atoms with Crippen LogP contribution in [-0.4, -0.2) is 81.3 Å². The topological polar surface area (TPSA) is 135 Å². The average Bonchev–Trinajstić information content (AvgIpc) is 2.99. The van der Waals surface area contributed by atoms with E-state index in [1.165, 1.54) is 0 Å². The first kappa shape index (κ1) is 25.1. The van der Waals surface area contributed by atoms with Gasteiger partial charge in [-0.15, -0.1) is 0 Å². The zero-order chi connectivity index (χ0) is 21.3. The lowest BCUT2D eigenvalue weighted by Gasteiger charge is -2.13. The van der Waals surface area contributed by atoms with E-state index in [1.807, 2.05) is 6.92 Å². The van der Waals surface area contributed by atoms with E-state index in [1.54, 1.807) is 0 Å². The van der Waals surface area contributed by atoms with E-state index in [-0.39, 0.29) is 37.0 Å². The smallest absolute Gasteiger partial charge is 0.315 e. The van der Waals surface area contributed by atoms with Crippen LogP contribution in [-0.2, 0) is 23.8 Å². The van der Waals surface area contributed by atoms with Crippen LogP contribution in [0.2, 0.25) is 0 Å². The molecule has 3 amide bonds. The predicted octanol–water partition coefficient (Wildman–Crippen LogP) is 0.648. The molecule has 0 aliphatic carbocycles. The van der Waals surface area contributed by atoms with E-state index in [0.717, 1.165) is 25.7 Å². The van der Waals surface area contributed by atoms with Crippen molar-refractivity contribution in [3.05, 3.63) is 0 Å². The minimum absolute atomic E-state index is 0.00800. The van der Waals surface area contributed by atoms with Gasteiger partial charge in [-0.1, -0.05) is 12.8 Å². The van der Waals surface area contributed by atoms with Crippen LogP contribution in [0.4, 0.5) is 4.79 Å². The van der Waals surface area contributed by atoms with Crippen LogP contribution in [0, 0.1) is 0 Å². The number of carbonyl (C=O) groups is 3. The fourth-order valence-corrected chi connectivity index (χ4v) is 2.84. The van der Waals surface area contributed by atoms with Crippen LogP contribution < -0.4 is 16.0 Å². The van der Waals surface area contributed by atoms with Gasteiger partial charge < -0.3 is 35.3 Å². The second-order valence-electron chi connectivity index (χ2n) is 6.94. The van der Waals surface area contributed by atoms with Crippen molar-refractivity contribution in [1.29, 1.82) is 0 Å². The normalized spacial score (nSPS) is 18.3. The summed E-state index contributed by atoms with van der Waals surface area (Å²) in [5.74, 6) is -0.859. The lowest BCUT2D eigenvalue weighted by molar-refractivity contribution is -0.138. The molecule has 29 heavy (non-hydrogen) atoms. The fraction of sp³-hybridized carbons (Fsp3) is 0.842. The molecule has 0 aromatic rings. The van der Waals surface area contributed by atoms with E-state index in [9.17, 15) is 14.4 Å². The summed E-state index contributed by atoms with van der Waals surface area (Å²) >= 11 is 0. The summed E-state index contributed by atoms with van der Waals surface area (Å²) in [6.45, 7) is 4.66. The molecule has 1 aliphatic heterocycles. The zero-order valence-corrected chi connectivity index (χ0v) is 17.2. The number of ether oxygens (including phenoxy) is 3. The van der Waals surface area contributed by atoms with Crippen molar-refractivity contribution in [1.82, 2.24) is 16.0 Å². The Bertz CT molecular complexity index is 490. The Morgan fingerprint density at radius 2 is 1.59 bits per heavy atom. The van der Waals surface area contributed by atoms with Gasteiger partial charge in [0.1, 0.15) is 0 Å². The van der Waals surface area contributed by atoms with Gasteiger partial charge in [-0.05, 0) is 19.8 Å². The van der Waals surface area contributed by atoms with Crippen molar-refractivity contribution in [3.8, 4) is 0 Å². The second-order valence-corrected chi connectivity index (χ2v) is 6.94. The number of hydrogen-bond donors (Lipinski definition) is 4. The highest BCUT2D eigenvalue weighted by atomic mass is 16.5. The SMILES string of the molecule is C[C@@H]1NC(=O)N[C@@H]1CCCCCC(=O)NCCOCCOCCOCCC(=O)O. The monoisotopic (exact) mass is 417 g/mol. The number of unbranched alkanes of at least 4 members (excludes halogenated alkanes) is 2. The van der Waals surface area contributed by atoms with Crippen molar-refractivity contribution in [2.24, 2.45) is 0 Å². The summed E-state index contributed by atoms with van der Waals surface area (Å²) in [5, 5.41) is 17.0. The Balaban J connectivity index is 1.79. The standard InChI is InChI=1S/C19H35N3O7/c1-15-16(22-19(26)21-15)5-3-2-4-6-17(23)20-8-10-28-12-14-29-13-11-27-9-7-18(24)25/h15-16H,2-14H2,1H3,(H,20,23)(H,24,25)(H2,21,22,26)/t15-,16+/m0/s1. The average molecular weight is 418 g/mol. The number of nitrogens with one attached hydrogen (secondary N) is 3. The Labute approximate surface area is 172 Å². The second kappa shape index (κ2) is 15.9. The number of urea groups is 1. The first-order valence-corrected chi connectivity index (χ1v) is 10.3. The molecule has 10 nitrogen and oxygen atoms in total. The van der Waals surface area contributed by atoms with Gasteiger partial charge in [0, 0.05) is 19.0 Å². The molecule has 0 aromatic carbocycles. The fourth-order valence-electron chi connectivity index (χ4n) is 2.84. The van der Waals surface area contributed by atoms with E-state index in [4.69, 9.17) is 19.3 Å². The summed E-state index contributed by atoms with van der Waals surface area (Å²) in [6, 6.07) is 0.243. The third-order valence-electron chi connectivity index (χ3n) is 4.47. The van der Waals surface area contributed by atoms with Gasteiger partial charge in [-0.25, -0.2) is 4.79 Å². The summed E-state index contributed by atoms with van der Waals surface area (Å²) < 4.78 is 15.7. The summed E-state index contributed by atoms with van der Waals surface area (Å²) in [5.41, 5.74) is 0. The number of rotatable bonds is 18. The maximum absolute atomic E-state index is 11.8. The molecule has 0 spiro atoms. The van der Waals surface area contributed by atoms with E-state index in [2.05, 4.69) is 16.0 Å². The maximum atomic E-state index is 11.8. The lowest BCUT2D eigenvalue weighted by Crippen LogP contribution is -2.30. The van der Waals surface area contributed by atoms with Crippen LogP contribution in [0.15, 0.2) is 0 Å². The largest absolute Gasteiger partial charge is 0.481 e. The maximum Gasteiger partial charge on any atom is 0.315 e. The highest BCUT2D eigenvalue weighted by Crippen LogP contribution is 2.11. The number of aliphatic carboxylic acids is 1. The van der Waals surface area contributed by atoms with Crippen molar-refractivity contribution in [2.75, 3.05) is 46.2 Å². The highest BCUT2D eigenvalue weighted by molar-refractivity contribution is 5.77. The van der Waals surface area contributed by atoms with Crippen molar-refractivity contribution < 1.29 is 33.7 Å². The Hall–Kier alpha value is -1.91. The van der Waals surface area contributed by atoms with Crippen LogP contribution >= 0.6 is 0 Å². The van der Waals surface area contributed by atoms with E-state index in [0.29, 0.717) is 46.0 Å². The van der Waals surface area contributed by atoms with Crippen molar-refractivity contribution in [3.63, 3.8) is 0 Å². The molecular formula is C19H35N3O7. The van der Waals surface area contributed by atoms with Gasteiger partial charge in [0.25, 0.3) is 0 Å². The van der Waals surface area contributed by atoms with E-state index >= 15 is 0 Å². The number of hydrogen-bond acceptors (Lipinski definition) is 6. The molecule has 0 radical (unpaired) electrons. The summed E-state index contributed by atoms with van der Waals surface area (Å²) in [6.07, 6.45) is 4.18. The zero-order valence-electron chi connectivity index (χ0n) is 17.2. The minimum atomic E-state index is -0.880. The molecule has 2 atom stereocenters. The van der Waals surface area contributed by atoms with Gasteiger partial charge in [-0.2, -0.15) is 0 Å². The van der Waals surface area contributed by atoms with Crippen molar-refractivity contribution >= 4 is 17.9 Å². The van der Waals surface area contributed by atoms with Gasteiger partial charge in [0.05, 0.1) is 52.1 Å². The molecule has 1 rings (SSSR count). The van der Waals surface area contributed by atoms with Crippen LogP contribution in [0.3, 0.4) is 0 Å². The van der Waals surface area contributed by atoms with Gasteiger partial charge in [0.2, 0.25) is 5.91 Å². The van der Waals surface area contributed by atoms with Crippen LogP contribution in [0.5, 0.6) is 0 Å². The predicted molar refractivity (Wildman–Crippen MR) is 106 cm³/mol. The molecule has 0 bridgehead atoms. The van der Waals surface area contributed by atoms with Crippen LogP contribution in [0.1, 0.15) is 45.4 Å². The molecule has 1 saturated heterocycles. The molecule has 0 aromatic heterocycles. The van der Waals surface area contributed by atoms with Gasteiger partial charge >= 0.3 is 12.0 Å². The van der Waals surface area contributed by atoms with Crippen LogP contribution in [0.25, 0.3) is 0 Å². The molecule has 1 aliphatic rings. The first-order valence-electron chi connectivity index (χ1n) is 10.3. The number of carboxylic acid groups (broad SMARTS) is 1. The quantitative estimate of drug-likeness (QED) is 0.240. The molecule has 10 heteroatoms. The third kappa shape index (κ3) is 13.8. The summed E-state index contributed by atoms with van der Waals surface area (Å²) in [7, 11) is 0. The molecule has 1 fully saturated rings. The number of amides is 3. The summed E-state index contributed by atoms with van der Waals surface area (Å²) in [4.78, 5) is 33.2. The molecule has 168 valence electrons. The Kier molecular flexibility index (Phi) is 13.8. The van der Waals surface area contributed by atoms with Gasteiger partial charge in [-0.3, -0.25) is 9.59 Å². The first-order chi connectivity index (χ1) is 14.0. The number of carboxylic acids is 1. The Morgan fingerprint density at radius 1 is 0.931 bits per heavy atom. The molecule has 0 unspecified atom stereocenters. The number of carbonyl (C=O) groups excluding carboxylic acids is 2. The Morgan fingerprint density at radius 3 is 2.21 bits per heavy atom. The molecular weight excluding hydrogens is 382 g/mol. The lowest BCUT2D eigenvalue weighted by atomic mass is 10.0. The molecule has 0 saturated carbocycles. The molecule has 4 N–H and O–H groups in total. The van der Waals surface area contributed by atoms with Crippen molar-refractivity contribution in [2.45, 2.75) is 57.5 Å².